The van der Waals surface area contributed by atoms with E-state index in [4.69, 9.17) is 5.73 Å². The van der Waals surface area contributed by atoms with E-state index in [9.17, 15) is 0 Å². The summed E-state index contributed by atoms with van der Waals surface area (Å²) in [4.78, 5) is 2.31. The van der Waals surface area contributed by atoms with Gasteiger partial charge in [-0.3, -0.25) is 0 Å². The summed E-state index contributed by atoms with van der Waals surface area (Å²) >= 11 is 3.53. The molecule has 0 amide bonds. The Balaban J connectivity index is 2.19. The molecule has 0 bridgehead atoms. The lowest BCUT2D eigenvalue weighted by molar-refractivity contribution is 0.967. The van der Waals surface area contributed by atoms with Gasteiger partial charge in [-0.25, -0.2) is 0 Å². The van der Waals surface area contributed by atoms with Crippen LogP contribution < -0.4 is 10.6 Å². The zero-order chi connectivity index (χ0) is 9.42. The van der Waals surface area contributed by atoms with Crippen LogP contribution in [-0.2, 0) is 0 Å². The molecule has 1 aliphatic rings. The molecule has 3 heteroatoms. The van der Waals surface area contributed by atoms with Gasteiger partial charge in [-0.2, -0.15) is 0 Å². The average Bonchev–Trinajstić information content (AvgIpc) is 2.88. The van der Waals surface area contributed by atoms with Gasteiger partial charge >= 0.3 is 0 Å². The summed E-state index contributed by atoms with van der Waals surface area (Å²) in [7, 11) is 0. The summed E-state index contributed by atoms with van der Waals surface area (Å²) in [6.07, 6.45) is 0. The van der Waals surface area contributed by atoms with Crippen molar-refractivity contribution in [3.8, 4) is 0 Å². The van der Waals surface area contributed by atoms with E-state index in [1.54, 1.807) is 0 Å². The van der Waals surface area contributed by atoms with Crippen LogP contribution in [0.3, 0.4) is 0 Å². The number of anilines is 1. The Morgan fingerprint density at radius 1 is 1.62 bits per heavy atom. The van der Waals surface area contributed by atoms with Gasteiger partial charge < -0.3 is 10.6 Å². The zero-order valence-corrected chi connectivity index (χ0v) is 9.21. The number of nitrogens with zero attached hydrogens (tertiary/aromatic N) is 1. The number of nitrogens with two attached hydrogens (primary N) is 1. The molecule has 2 rings (SSSR count). The smallest absolute Gasteiger partial charge is 0.0588 e. The highest BCUT2D eigenvalue weighted by Crippen LogP contribution is 2.30. The fourth-order valence-corrected chi connectivity index (χ4v) is 1.83. The topological polar surface area (TPSA) is 29.0 Å². The van der Waals surface area contributed by atoms with Crippen molar-refractivity contribution in [2.75, 3.05) is 18.0 Å². The molecule has 2 N–H and O–H groups in total. The van der Waals surface area contributed by atoms with E-state index in [0.717, 1.165) is 13.1 Å². The highest BCUT2D eigenvalue weighted by Gasteiger charge is 2.32. The lowest BCUT2D eigenvalue weighted by Crippen LogP contribution is -2.11. The van der Waals surface area contributed by atoms with Crippen LogP contribution in [0.25, 0.3) is 0 Å². The summed E-state index contributed by atoms with van der Waals surface area (Å²) in [6.45, 7) is 3.95. The molecule has 1 aliphatic heterocycles. The number of aryl methyl sites for hydroxylation is 1. The van der Waals surface area contributed by atoms with Crippen molar-refractivity contribution >= 4 is 21.6 Å². The first-order valence-electron chi connectivity index (χ1n) is 4.45. The third-order valence-electron chi connectivity index (χ3n) is 2.47. The Hall–Kier alpha value is -0.540. The third-order valence-corrected chi connectivity index (χ3v) is 3.33. The van der Waals surface area contributed by atoms with Gasteiger partial charge in [0.1, 0.15) is 0 Å². The van der Waals surface area contributed by atoms with Gasteiger partial charge in [0.15, 0.2) is 0 Å². The molecule has 1 aromatic carbocycles. The lowest BCUT2D eigenvalue weighted by Gasteiger charge is -2.06. The predicted octanol–water partition coefficient (Wildman–Crippen LogP) is 1.90. The maximum atomic E-state index is 5.58. The molecule has 70 valence electrons. The summed E-state index contributed by atoms with van der Waals surface area (Å²) in [5.74, 6) is 0. The number of benzene rings is 1. The van der Waals surface area contributed by atoms with Gasteiger partial charge in [-0.05, 0) is 24.6 Å². The van der Waals surface area contributed by atoms with Crippen LogP contribution >= 0.6 is 15.9 Å². The molecule has 0 aliphatic carbocycles. The number of halogens is 1. The number of rotatable bonds is 2. The Bertz CT molecular complexity index is 325. The molecule has 0 aromatic heterocycles. The molecule has 0 radical (unpaired) electrons. The molecule has 0 saturated carbocycles. The second-order valence-corrected chi connectivity index (χ2v) is 4.33. The molecule has 1 saturated heterocycles. The second kappa shape index (κ2) is 3.31. The van der Waals surface area contributed by atoms with E-state index in [1.807, 2.05) is 0 Å². The molecule has 1 unspecified atom stereocenters. The minimum atomic E-state index is 0.564. The SMILES string of the molecule is Cc1ccc(N2CC2CN)cc1Br. The van der Waals surface area contributed by atoms with E-state index in [1.165, 1.54) is 15.7 Å². The van der Waals surface area contributed by atoms with Gasteiger partial charge in [0.2, 0.25) is 0 Å². The van der Waals surface area contributed by atoms with Crippen LogP contribution in [-0.4, -0.2) is 19.1 Å². The van der Waals surface area contributed by atoms with Crippen LogP contribution in [0.1, 0.15) is 5.56 Å². The van der Waals surface area contributed by atoms with Gasteiger partial charge in [0.25, 0.3) is 0 Å². The zero-order valence-electron chi connectivity index (χ0n) is 7.63. The Kier molecular flexibility index (Phi) is 2.30. The maximum absolute atomic E-state index is 5.58. The largest absolute Gasteiger partial charge is 0.363 e. The molecular formula is C10H13BrN2. The molecule has 1 heterocycles. The molecule has 1 atom stereocenters. The van der Waals surface area contributed by atoms with Crippen molar-refractivity contribution in [3.63, 3.8) is 0 Å². The van der Waals surface area contributed by atoms with Gasteiger partial charge in [-0.15, -0.1) is 0 Å². The highest BCUT2D eigenvalue weighted by molar-refractivity contribution is 9.10. The maximum Gasteiger partial charge on any atom is 0.0588 e. The molecule has 0 spiro atoms. The van der Waals surface area contributed by atoms with Crippen molar-refractivity contribution in [1.82, 2.24) is 0 Å². The quantitative estimate of drug-likeness (QED) is 0.801. The Morgan fingerprint density at radius 3 is 2.92 bits per heavy atom. The Morgan fingerprint density at radius 2 is 2.38 bits per heavy atom. The molecule has 1 aromatic rings. The summed E-state index contributed by atoms with van der Waals surface area (Å²) < 4.78 is 1.17. The number of hydrogen-bond acceptors (Lipinski definition) is 2. The average molecular weight is 241 g/mol. The van der Waals surface area contributed by atoms with E-state index >= 15 is 0 Å². The first-order chi connectivity index (χ1) is 6.22. The van der Waals surface area contributed by atoms with E-state index in [2.05, 4.69) is 46.0 Å². The first-order valence-corrected chi connectivity index (χ1v) is 5.24. The molecule has 2 nitrogen and oxygen atoms in total. The van der Waals surface area contributed by atoms with E-state index in [0.29, 0.717) is 6.04 Å². The minimum Gasteiger partial charge on any atom is -0.363 e. The lowest BCUT2D eigenvalue weighted by atomic mass is 10.2. The summed E-state index contributed by atoms with van der Waals surface area (Å²) in [5.41, 5.74) is 8.12. The number of hydrogen-bond donors (Lipinski definition) is 1. The van der Waals surface area contributed by atoms with Crippen molar-refractivity contribution in [2.24, 2.45) is 5.73 Å². The standard InChI is InChI=1S/C10H13BrN2/c1-7-2-3-8(4-10(7)11)13-6-9(13)5-12/h2-4,9H,5-6,12H2,1H3. The van der Waals surface area contributed by atoms with Crippen molar-refractivity contribution in [3.05, 3.63) is 28.2 Å². The van der Waals surface area contributed by atoms with Gasteiger partial charge in [0, 0.05) is 23.2 Å². The second-order valence-electron chi connectivity index (χ2n) is 3.48. The van der Waals surface area contributed by atoms with E-state index < -0.39 is 0 Å². The van der Waals surface area contributed by atoms with Crippen molar-refractivity contribution in [1.29, 1.82) is 0 Å². The summed E-state index contributed by atoms with van der Waals surface area (Å²) in [6, 6.07) is 7.00. The van der Waals surface area contributed by atoms with Crippen molar-refractivity contribution in [2.45, 2.75) is 13.0 Å². The fourth-order valence-electron chi connectivity index (χ4n) is 1.46. The van der Waals surface area contributed by atoms with Crippen LogP contribution in [0, 0.1) is 6.92 Å². The van der Waals surface area contributed by atoms with Crippen LogP contribution in [0.15, 0.2) is 22.7 Å². The van der Waals surface area contributed by atoms with Gasteiger partial charge in [-0.1, -0.05) is 22.0 Å². The normalized spacial score (nSPS) is 20.5. The van der Waals surface area contributed by atoms with Crippen molar-refractivity contribution < 1.29 is 0 Å². The first kappa shape index (κ1) is 9.03. The third kappa shape index (κ3) is 1.71. The minimum absolute atomic E-state index is 0.564. The van der Waals surface area contributed by atoms with Crippen LogP contribution in [0.4, 0.5) is 5.69 Å². The predicted molar refractivity (Wildman–Crippen MR) is 59.1 cm³/mol. The molecule has 13 heavy (non-hydrogen) atoms. The van der Waals surface area contributed by atoms with E-state index in [-0.39, 0.29) is 0 Å². The molecule has 1 fully saturated rings. The highest BCUT2D eigenvalue weighted by atomic mass is 79.9. The molecular weight excluding hydrogens is 228 g/mol. The van der Waals surface area contributed by atoms with Gasteiger partial charge in [0.05, 0.1) is 6.04 Å². The Labute approximate surface area is 86.9 Å². The van der Waals surface area contributed by atoms with Crippen LogP contribution in [0.5, 0.6) is 0 Å². The monoisotopic (exact) mass is 240 g/mol. The van der Waals surface area contributed by atoms with Crippen LogP contribution in [0.2, 0.25) is 0 Å². The summed E-state index contributed by atoms with van der Waals surface area (Å²) in [5, 5.41) is 0. The fraction of sp³-hybridized carbons (Fsp3) is 0.400.